The molecule has 2 heterocycles. The minimum absolute atomic E-state index is 0.0492. The predicted octanol–water partition coefficient (Wildman–Crippen LogP) is 3.53. The third-order valence-electron chi connectivity index (χ3n) is 4.93. The number of hydrogen-bond acceptors (Lipinski definition) is 7. The quantitative estimate of drug-likeness (QED) is 0.568. The average molecular weight is 419 g/mol. The van der Waals surface area contributed by atoms with Gasteiger partial charge in [-0.25, -0.2) is 9.80 Å². The van der Waals surface area contributed by atoms with Crippen LogP contribution in [0.4, 0.5) is 0 Å². The van der Waals surface area contributed by atoms with Crippen molar-refractivity contribution in [3.8, 4) is 5.75 Å². The van der Waals surface area contributed by atoms with Crippen molar-refractivity contribution in [3.63, 3.8) is 0 Å². The van der Waals surface area contributed by atoms with Gasteiger partial charge in [0.2, 0.25) is 5.76 Å². The predicted molar refractivity (Wildman–Crippen MR) is 112 cm³/mol. The first-order chi connectivity index (χ1) is 15.0. The van der Waals surface area contributed by atoms with Gasteiger partial charge in [-0.2, -0.15) is 5.10 Å². The lowest BCUT2D eigenvalue weighted by Crippen LogP contribution is -2.31. The van der Waals surface area contributed by atoms with Gasteiger partial charge in [0.05, 0.1) is 24.6 Å². The summed E-state index contributed by atoms with van der Waals surface area (Å²) in [6.07, 6.45) is 0.539. The number of carbonyl (C=O) groups is 2. The second kappa shape index (κ2) is 8.83. The van der Waals surface area contributed by atoms with Gasteiger partial charge < -0.3 is 14.0 Å². The Labute approximate surface area is 179 Å². The molecule has 0 saturated carbocycles. The largest absolute Gasteiger partial charge is 0.497 e. The van der Waals surface area contributed by atoms with E-state index in [2.05, 4.69) is 10.3 Å². The number of nitrogens with zero attached hydrogens (tertiary/aromatic N) is 3. The molecular weight excluding hydrogens is 398 g/mol. The van der Waals surface area contributed by atoms with Crippen molar-refractivity contribution in [1.82, 2.24) is 10.2 Å². The summed E-state index contributed by atoms with van der Waals surface area (Å²) >= 11 is 0. The first-order valence-corrected chi connectivity index (χ1v) is 9.74. The summed E-state index contributed by atoms with van der Waals surface area (Å²) in [7, 11) is 1.60. The van der Waals surface area contributed by atoms with Gasteiger partial charge >= 0.3 is 5.97 Å². The van der Waals surface area contributed by atoms with Crippen LogP contribution in [0.5, 0.6) is 5.75 Å². The number of hydrazone groups is 1. The molecule has 1 aliphatic heterocycles. The molecule has 1 amide bonds. The van der Waals surface area contributed by atoms with Crippen molar-refractivity contribution in [2.24, 2.45) is 5.10 Å². The Morgan fingerprint density at radius 3 is 2.52 bits per heavy atom. The second-order valence-electron chi connectivity index (χ2n) is 7.05. The van der Waals surface area contributed by atoms with Crippen LogP contribution in [-0.4, -0.2) is 41.5 Å². The molecule has 0 unspecified atom stereocenters. The number of methoxy groups -OCH3 is 1. The molecular formula is C23H21N3O5. The number of aryl methyl sites for hydroxylation is 1. The number of amides is 1. The minimum atomic E-state index is -0.749. The number of ether oxygens (including phenoxy) is 2. The van der Waals surface area contributed by atoms with Gasteiger partial charge in [0, 0.05) is 12.5 Å². The minimum Gasteiger partial charge on any atom is -0.497 e. The first-order valence-electron chi connectivity index (χ1n) is 9.74. The highest BCUT2D eigenvalue weighted by Gasteiger charge is 2.33. The highest BCUT2D eigenvalue weighted by molar-refractivity contribution is 6.03. The van der Waals surface area contributed by atoms with Crippen LogP contribution in [0.25, 0.3) is 0 Å². The van der Waals surface area contributed by atoms with Crippen LogP contribution in [-0.2, 0) is 9.53 Å². The number of aromatic nitrogens is 1. The lowest BCUT2D eigenvalue weighted by molar-refractivity contribution is -0.136. The standard InChI is InChI=1S/C23H21N3O5/c1-15-12-21(31-25-15)23(28)30-14-22(27)26-20(17-8-10-18(29-2)11-9-17)13-19(24-26)16-6-4-3-5-7-16/h3-12,20H,13-14H2,1-2H3/t20-/m1/s1. The molecule has 0 fully saturated rings. The lowest BCUT2D eigenvalue weighted by Gasteiger charge is -2.22. The van der Waals surface area contributed by atoms with Crippen molar-refractivity contribution < 1.29 is 23.6 Å². The maximum atomic E-state index is 12.9. The van der Waals surface area contributed by atoms with Crippen molar-refractivity contribution >= 4 is 17.6 Å². The van der Waals surface area contributed by atoms with Gasteiger partial charge in [0.25, 0.3) is 5.91 Å². The summed E-state index contributed by atoms with van der Waals surface area (Å²) in [6, 6.07) is 18.3. The van der Waals surface area contributed by atoms with Crippen LogP contribution in [0.2, 0.25) is 0 Å². The fourth-order valence-electron chi connectivity index (χ4n) is 3.36. The van der Waals surface area contributed by atoms with Gasteiger partial charge in [-0.15, -0.1) is 0 Å². The van der Waals surface area contributed by atoms with Crippen LogP contribution in [0.15, 0.2) is 70.3 Å². The molecule has 0 aliphatic carbocycles. The summed E-state index contributed by atoms with van der Waals surface area (Å²) in [6.45, 7) is 1.23. The van der Waals surface area contributed by atoms with Crippen molar-refractivity contribution in [2.45, 2.75) is 19.4 Å². The topological polar surface area (TPSA) is 94.2 Å². The Hall–Kier alpha value is -3.94. The molecule has 3 aromatic rings. The Balaban J connectivity index is 1.54. The highest BCUT2D eigenvalue weighted by Crippen LogP contribution is 2.33. The molecule has 1 aromatic heterocycles. The molecule has 8 nitrogen and oxygen atoms in total. The summed E-state index contributed by atoms with van der Waals surface area (Å²) in [5.41, 5.74) is 3.17. The molecule has 31 heavy (non-hydrogen) atoms. The van der Waals surface area contributed by atoms with E-state index in [4.69, 9.17) is 14.0 Å². The average Bonchev–Trinajstić information content (AvgIpc) is 3.45. The van der Waals surface area contributed by atoms with E-state index in [1.165, 1.54) is 11.1 Å². The van der Waals surface area contributed by atoms with E-state index in [1.807, 2.05) is 54.6 Å². The van der Waals surface area contributed by atoms with Crippen LogP contribution >= 0.6 is 0 Å². The maximum absolute atomic E-state index is 12.9. The fraction of sp³-hybridized carbons (Fsp3) is 0.217. The van der Waals surface area contributed by atoms with Crippen molar-refractivity contribution in [2.75, 3.05) is 13.7 Å². The molecule has 0 radical (unpaired) electrons. The zero-order valence-electron chi connectivity index (χ0n) is 17.1. The molecule has 8 heteroatoms. The van der Waals surface area contributed by atoms with Gasteiger partial charge in [-0.05, 0) is 30.2 Å². The molecule has 0 spiro atoms. The van der Waals surface area contributed by atoms with Crippen molar-refractivity contribution in [3.05, 3.63) is 83.2 Å². The Morgan fingerprint density at radius 2 is 1.87 bits per heavy atom. The van der Waals surface area contributed by atoms with E-state index < -0.39 is 18.5 Å². The van der Waals surface area contributed by atoms with Crippen molar-refractivity contribution in [1.29, 1.82) is 0 Å². The van der Waals surface area contributed by atoms with Gasteiger partial charge in [0.1, 0.15) is 5.75 Å². The fourth-order valence-corrected chi connectivity index (χ4v) is 3.36. The zero-order chi connectivity index (χ0) is 21.8. The number of carbonyl (C=O) groups excluding carboxylic acids is 2. The van der Waals surface area contributed by atoms with Crippen LogP contribution in [0.3, 0.4) is 0 Å². The normalized spacial score (nSPS) is 15.5. The number of benzene rings is 2. The van der Waals surface area contributed by atoms with E-state index in [-0.39, 0.29) is 11.8 Å². The summed E-state index contributed by atoms with van der Waals surface area (Å²) in [5.74, 6) is -0.509. The molecule has 158 valence electrons. The molecule has 1 aliphatic rings. The molecule has 1 atom stereocenters. The van der Waals surface area contributed by atoms with Gasteiger partial charge in [-0.3, -0.25) is 4.79 Å². The Kier molecular flexibility index (Phi) is 5.79. The van der Waals surface area contributed by atoms with Crippen LogP contribution in [0.1, 0.15) is 39.8 Å². The number of esters is 1. The van der Waals surface area contributed by atoms with E-state index in [1.54, 1.807) is 14.0 Å². The molecule has 0 saturated heterocycles. The molecule has 4 rings (SSSR count). The smallest absolute Gasteiger partial charge is 0.377 e. The Morgan fingerprint density at radius 1 is 1.13 bits per heavy atom. The van der Waals surface area contributed by atoms with E-state index in [0.717, 1.165) is 22.6 Å². The highest BCUT2D eigenvalue weighted by atomic mass is 16.6. The second-order valence-corrected chi connectivity index (χ2v) is 7.05. The van der Waals surface area contributed by atoms with E-state index in [0.29, 0.717) is 12.1 Å². The summed E-state index contributed by atoms with van der Waals surface area (Å²) in [5, 5.41) is 9.58. The third-order valence-corrected chi connectivity index (χ3v) is 4.93. The monoisotopic (exact) mass is 419 g/mol. The van der Waals surface area contributed by atoms with Gasteiger partial charge in [-0.1, -0.05) is 47.6 Å². The molecule has 2 aromatic carbocycles. The Bertz CT molecular complexity index is 1110. The van der Waals surface area contributed by atoms with E-state index >= 15 is 0 Å². The summed E-state index contributed by atoms with van der Waals surface area (Å²) < 4.78 is 15.2. The van der Waals surface area contributed by atoms with E-state index in [9.17, 15) is 9.59 Å². The number of hydrogen-bond donors (Lipinski definition) is 0. The van der Waals surface area contributed by atoms with Crippen LogP contribution in [0, 0.1) is 6.92 Å². The molecule has 0 N–H and O–H groups in total. The lowest BCUT2D eigenvalue weighted by atomic mass is 9.98. The van der Waals surface area contributed by atoms with Gasteiger partial charge in [0.15, 0.2) is 6.61 Å². The number of rotatable bonds is 6. The molecule has 0 bridgehead atoms. The SMILES string of the molecule is COc1ccc([C@H]2CC(c3ccccc3)=NN2C(=O)COC(=O)c2cc(C)no2)cc1. The first kappa shape index (κ1) is 20.3. The van der Waals surface area contributed by atoms with Crippen LogP contribution < -0.4 is 4.74 Å². The maximum Gasteiger partial charge on any atom is 0.377 e. The third kappa shape index (κ3) is 4.48. The zero-order valence-corrected chi connectivity index (χ0v) is 17.1. The summed E-state index contributed by atoms with van der Waals surface area (Å²) in [4.78, 5) is 25.0.